The number of rotatable bonds is 8. The number of carbonyl (C=O) groups excluding carboxylic acids is 1. The molecule has 0 saturated carbocycles. The van der Waals surface area contributed by atoms with E-state index in [9.17, 15) is 9.59 Å². The summed E-state index contributed by atoms with van der Waals surface area (Å²) in [5.41, 5.74) is 1.01. The molecule has 1 aromatic carbocycles. The van der Waals surface area contributed by atoms with Gasteiger partial charge in [0.25, 0.3) is 0 Å². The summed E-state index contributed by atoms with van der Waals surface area (Å²) in [6.07, 6.45) is 2.16. The van der Waals surface area contributed by atoms with Gasteiger partial charge >= 0.3 is 5.97 Å². The number of carboxylic acid groups (broad SMARTS) is 1. The van der Waals surface area contributed by atoms with Gasteiger partial charge in [-0.15, -0.1) is 6.58 Å². The lowest BCUT2D eigenvalue weighted by Gasteiger charge is -2.17. The molecule has 5 heteroatoms. The highest BCUT2D eigenvalue weighted by Crippen LogP contribution is 2.03. The van der Waals surface area contributed by atoms with Gasteiger partial charge in [-0.25, -0.2) is 0 Å². The lowest BCUT2D eigenvalue weighted by Crippen LogP contribution is -2.47. The first kappa shape index (κ1) is 14.9. The SMILES string of the molecule is C=CCN[C@@H](Cc1ccccc1)C(=O)NCC(=O)O. The first-order valence-electron chi connectivity index (χ1n) is 6.01. The minimum atomic E-state index is -1.06. The Hall–Kier alpha value is -2.14. The van der Waals surface area contributed by atoms with Crippen molar-refractivity contribution in [2.24, 2.45) is 0 Å². The Kier molecular flexibility index (Phi) is 6.32. The van der Waals surface area contributed by atoms with Crippen molar-refractivity contribution in [2.45, 2.75) is 12.5 Å². The molecule has 19 heavy (non-hydrogen) atoms. The van der Waals surface area contributed by atoms with Crippen LogP contribution in [0.25, 0.3) is 0 Å². The van der Waals surface area contributed by atoms with E-state index in [4.69, 9.17) is 5.11 Å². The van der Waals surface area contributed by atoms with Crippen molar-refractivity contribution in [3.63, 3.8) is 0 Å². The number of carbonyl (C=O) groups is 2. The first-order valence-corrected chi connectivity index (χ1v) is 6.01. The Balaban J connectivity index is 2.62. The molecule has 1 atom stereocenters. The molecular formula is C14H18N2O3. The lowest BCUT2D eigenvalue weighted by molar-refractivity contribution is -0.138. The van der Waals surface area contributed by atoms with Crippen LogP contribution in [0.1, 0.15) is 5.56 Å². The van der Waals surface area contributed by atoms with Crippen LogP contribution >= 0.6 is 0 Å². The maximum absolute atomic E-state index is 11.9. The fourth-order valence-corrected chi connectivity index (χ4v) is 1.62. The summed E-state index contributed by atoms with van der Waals surface area (Å²) in [4.78, 5) is 22.3. The maximum atomic E-state index is 11.9. The van der Waals surface area contributed by atoms with E-state index in [0.29, 0.717) is 13.0 Å². The van der Waals surface area contributed by atoms with Crippen LogP contribution < -0.4 is 10.6 Å². The van der Waals surface area contributed by atoms with Crippen molar-refractivity contribution < 1.29 is 14.7 Å². The molecule has 1 amide bonds. The van der Waals surface area contributed by atoms with Gasteiger partial charge < -0.3 is 15.7 Å². The van der Waals surface area contributed by atoms with Gasteiger partial charge in [0.2, 0.25) is 5.91 Å². The molecule has 0 aliphatic rings. The molecule has 1 rings (SSSR count). The number of carboxylic acids is 1. The van der Waals surface area contributed by atoms with Crippen LogP contribution in [-0.2, 0) is 16.0 Å². The smallest absolute Gasteiger partial charge is 0.322 e. The van der Waals surface area contributed by atoms with Gasteiger partial charge in [-0.2, -0.15) is 0 Å². The van der Waals surface area contributed by atoms with Crippen LogP contribution in [0.4, 0.5) is 0 Å². The molecular weight excluding hydrogens is 244 g/mol. The average molecular weight is 262 g/mol. The van der Waals surface area contributed by atoms with Crippen LogP contribution in [0.15, 0.2) is 43.0 Å². The number of nitrogens with one attached hydrogen (secondary N) is 2. The Morgan fingerprint density at radius 2 is 2.00 bits per heavy atom. The lowest BCUT2D eigenvalue weighted by atomic mass is 10.1. The van der Waals surface area contributed by atoms with E-state index in [2.05, 4.69) is 17.2 Å². The number of amides is 1. The number of hydrogen-bond acceptors (Lipinski definition) is 3. The van der Waals surface area contributed by atoms with Crippen molar-refractivity contribution in [2.75, 3.05) is 13.1 Å². The van der Waals surface area contributed by atoms with Crippen LogP contribution in [-0.4, -0.2) is 36.1 Å². The van der Waals surface area contributed by atoms with Crippen LogP contribution in [0.5, 0.6) is 0 Å². The molecule has 5 nitrogen and oxygen atoms in total. The summed E-state index contributed by atoms with van der Waals surface area (Å²) in [6.45, 7) is 3.69. The highest BCUT2D eigenvalue weighted by Gasteiger charge is 2.18. The molecule has 0 aliphatic heterocycles. The second-order valence-corrected chi connectivity index (χ2v) is 4.05. The fourth-order valence-electron chi connectivity index (χ4n) is 1.62. The summed E-state index contributed by atoms with van der Waals surface area (Å²) in [7, 11) is 0. The summed E-state index contributed by atoms with van der Waals surface area (Å²) in [6, 6.07) is 9.07. The number of hydrogen-bond donors (Lipinski definition) is 3. The van der Waals surface area contributed by atoms with Crippen LogP contribution in [0, 0.1) is 0 Å². The number of benzene rings is 1. The summed E-state index contributed by atoms with van der Waals surface area (Å²) >= 11 is 0. The van der Waals surface area contributed by atoms with Gasteiger partial charge in [0, 0.05) is 6.54 Å². The Bertz CT molecular complexity index is 432. The molecule has 3 N–H and O–H groups in total. The second kappa shape index (κ2) is 8.05. The Morgan fingerprint density at radius 3 is 2.58 bits per heavy atom. The Morgan fingerprint density at radius 1 is 1.32 bits per heavy atom. The highest BCUT2D eigenvalue weighted by molar-refractivity contribution is 5.85. The van der Waals surface area contributed by atoms with Crippen LogP contribution in [0.2, 0.25) is 0 Å². The van der Waals surface area contributed by atoms with Crippen LogP contribution in [0.3, 0.4) is 0 Å². The molecule has 0 aliphatic carbocycles. The third kappa shape index (κ3) is 5.83. The third-order valence-corrected chi connectivity index (χ3v) is 2.52. The van der Waals surface area contributed by atoms with Gasteiger partial charge in [-0.05, 0) is 12.0 Å². The number of aliphatic carboxylic acids is 1. The standard InChI is InChI=1S/C14H18N2O3/c1-2-8-15-12(14(19)16-10-13(17)18)9-11-6-4-3-5-7-11/h2-7,12,15H,1,8-10H2,(H,16,19)(H,17,18)/t12-/m0/s1. The fraction of sp³-hybridized carbons (Fsp3) is 0.286. The largest absolute Gasteiger partial charge is 0.480 e. The van der Waals surface area contributed by atoms with E-state index in [1.165, 1.54) is 0 Å². The molecule has 0 fully saturated rings. The van der Waals surface area contributed by atoms with E-state index in [1.54, 1.807) is 6.08 Å². The summed E-state index contributed by atoms with van der Waals surface area (Å²) in [5.74, 6) is -1.39. The van der Waals surface area contributed by atoms with E-state index in [-0.39, 0.29) is 12.5 Å². The minimum absolute atomic E-state index is 0.326. The first-order chi connectivity index (χ1) is 9.13. The van der Waals surface area contributed by atoms with Crippen molar-refractivity contribution in [1.82, 2.24) is 10.6 Å². The molecule has 0 unspecified atom stereocenters. The van der Waals surface area contributed by atoms with Crippen molar-refractivity contribution in [3.05, 3.63) is 48.6 Å². The van der Waals surface area contributed by atoms with Crippen molar-refractivity contribution in [1.29, 1.82) is 0 Å². The van der Waals surface area contributed by atoms with E-state index in [1.807, 2.05) is 30.3 Å². The molecule has 0 spiro atoms. The molecule has 1 aromatic rings. The van der Waals surface area contributed by atoms with Crippen molar-refractivity contribution >= 4 is 11.9 Å². The maximum Gasteiger partial charge on any atom is 0.322 e. The molecule has 0 bridgehead atoms. The zero-order valence-corrected chi connectivity index (χ0v) is 10.6. The van der Waals surface area contributed by atoms with Gasteiger partial charge in [-0.3, -0.25) is 9.59 Å². The average Bonchev–Trinajstić information content (AvgIpc) is 2.41. The zero-order chi connectivity index (χ0) is 14.1. The Labute approximate surface area is 112 Å². The molecule has 0 saturated heterocycles. The van der Waals surface area contributed by atoms with E-state index in [0.717, 1.165) is 5.56 Å². The molecule has 102 valence electrons. The van der Waals surface area contributed by atoms with E-state index >= 15 is 0 Å². The normalized spacial score (nSPS) is 11.6. The second-order valence-electron chi connectivity index (χ2n) is 4.05. The molecule has 0 aromatic heterocycles. The van der Waals surface area contributed by atoms with E-state index < -0.39 is 12.0 Å². The predicted octanol–water partition coefficient (Wildman–Crippen LogP) is 0.574. The monoisotopic (exact) mass is 262 g/mol. The molecule has 0 heterocycles. The quantitative estimate of drug-likeness (QED) is 0.599. The summed E-state index contributed by atoms with van der Waals surface area (Å²) in [5, 5.41) is 14.0. The third-order valence-electron chi connectivity index (χ3n) is 2.52. The van der Waals surface area contributed by atoms with Gasteiger partial charge in [0.1, 0.15) is 6.54 Å². The van der Waals surface area contributed by atoms with Crippen molar-refractivity contribution in [3.8, 4) is 0 Å². The minimum Gasteiger partial charge on any atom is -0.480 e. The summed E-state index contributed by atoms with van der Waals surface area (Å²) < 4.78 is 0. The topological polar surface area (TPSA) is 78.4 Å². The zero-order valence-electron chi connectivity index (χ0n) is 10.6. The predicted molar refractivity (Wildman–Crippen MR) is 72.8 cm³/mol. The van der Waals surface area contributed by atoms with Gasteiger partial charge in [0.05, 0.1) is 6.04 Å². The van der Waals surface area contributed by atoms with Gasteiger partial charge in [0.15, 0.2) is 0 Å². The molecule has 0 radical (unpaired) electrons. The van der Waals surface area contributed by atoms with Gasteiger partial charge in [-0.1, -0.05) is 36.4 Å². The highest BCUT2D eigenvalue weighted by atomic mass is 16.4.